The van der Waals surface area contributed by atoms with Crippen LogP contribution in [0, 0.1) is 0 Å². The summed E-state index contributed by atoms with van der Waals surface area (Å²) in [5, 5.41) is 9.86. The number of hydrogen-bond acceptors (Lipinski definition) is 4. The van der Waals surface area contributed by atoms with Crippen LogP contribution in [-0.4, -0.2) is 53.6 Å². The van der Waals surface area contributed by atoms with Crippen molar-refractivity contribution in [3.8, 4) is 0 Å². The molecule has 2 aliphatic heterocycles. The number of piperidine rings is 1. The first-order valence-corrected chi connectivity index (χ1v) is 8.83. The number of hydrogen-bond donors (Lipinski definition) is 3. The van der Waals surface area contributed by atoms with Crippen LogP contribution in [0.2, 0.25) is 0 Å². The molecule has 1 saturated carbocycles. The number of rotatable bonds is 3. The van der Waals surface area contributed by atoms with Gasteiger partial charge in [-0.15, -0.1) is 0 Å². The Hall–Kier alpha value is -2.12. The van der Waals surface area contributed by atoms with Gasteiger partial charge in [0.15, 0.2) is 0 Å². The second-order valence-electron chi connectivity index (χ2n) is 6.76. The number of urea groups is 1. The highest BCUT2D eigenvalue weighted by atomic mass is 16.2. The summed E-state index contributed by atoms with van der Waals surface area (Å²) in [6.07, 6.45) is 6.71. The maximum atomic E-state index is 12.2. The number of carbonyl (C=O) groups is 3. The lowest BCUT2D eigenvalue weighted by molar-refractivity contribution is -0.121. The summed E-state index contributed by atoms with van der Waals surface area (Å²) in [5.41, 5.74) is 2.70. The fourth-order valence-electron chi connectivity index (χ4n) is 3.47. The molecule has 0 aromatic rings. The predicted molar refractivity (Wildman–Crippen MR) is 88.3 cm³/mol. The van der Waals surface area contributed by atoms with Gasteiger partial charge in [0.2, 0.25) is 5.91 Å². The Morgan fingerprint density at radius 1 is 1.00 bits per heavy atom. The fourth-order valence-corrected chi connectivity index (χ4v) is 3.47. The number of carbonyl (C=O) groups excluding carboxylic acids is 3. The second kappa shape index (κ2) is 7.63. The molecule has 1 aliphatic carbocycles. The number of nitrogens with zero attached hydrogens (tertiary/aromatic N) is 2. The molecule has 0 radical (unpaired) electrons. The van der Waals surface area contributed by atoms with Gasteiger partial charge in [-0.2, -0.15) is 5.10 Å². The summed E-state index contributed by atoms with van der Waals surface area (Å²) in [7, 11) is 0. The van der Waals surface area contributed by atoms with Gasteiger partial charge in [-0.3, -0.25) is 9.59 Å². The molecular weight excluding hydrogens is 310 g/mol. The van der Waals surface area contributed by atoms with Gasteiger partial charge in [-0.1, -0.05) is 12.8 Å². The van der Waals surface area contributed by atoms with E-state index in [0.717, 1.165) is 25.7 Å². The van der Waals surface area contributed by atoms with Crippen LogP contribution in [0.4, 0.5) is 4.79 Å². The molecule has 3 N–H and O–H groups in total. The summed E-state index contributed by atoms with van der Waals surface area (Å²) < 4.78 is 0. The Labute approximate surface area is 141 Å². The van der Waals surface area contributed by atoms with Gasteiger partial charge in [0.1, 0.15) is 5.71 Å². The van der Waals surface area contributed by atoms with E-state index >= 15 is 0 Å². The minimum atomic E-state index is -0.219. The van der Waals surface area contributed by atoms with E-state index in [1.165, 1.54) is 12.8 Å². The molecule has 0 spiro atoms. The van der Waals surface area contributed by atoms with E-state index in [1.54, 1.807) is 0 Å². The summed E-state index contributed by atoms with van der Waals surface area (Å²) in [6, 6.07) is 0.397. The van der Waals surface area contributed by atoms with Crippen molar-refractivity contribution in [1.82, 2.24) is 21.0 Å². The first-order chi connectivity index (χ1) is 11.6. The average Bonchev–Trinajstić information content (AvgIpc) is 3.09. The van der Waals surface area contributed by atoms with E-state index < -0.39 is 0 Å². The molecule has 24 heavy (non-hydrogen) atoms. The highest BCUT2D eigenvalue weighted by Gasteiger charge is 2.27. The lowest BCUT2D eigenvalue weighted by atomic mass is 10.0. The first-order valence-electron chi connectivity index (χ1n) is 8.83. The zero-order valence-corrected chi connectivity index (χ0v) is 13.8. The predicted octanol–water partition coefficient (Wildman–Crippen LogP) is 0.485. The largest absolute Gasteiger partial charge is 0.348 e. The Bertz CT molecular complexity index is 534. The van der Waals surface area contributed by atoms with Crippen LogP contribution in [0.3, 0.4) is 0 Å². The third-order valence-electron chi connectivity index (χ3n) is 4.97. The number of amides is 4. The summed E-state index contributed by atoms with van der Waals surface area (Å²) >= 11 is 0. The molecule has 132 valence electrons. The standard InChI is InChI=1S/C16H25N5O3/c22-14-6-5-13(19-20-14)15(23)17-12-7-9-21(10-8-12)16(24)18-11-3-1-2-4-11/h11-12H,1-10H2,(H,17,23)(H,18,24)(H,20,22). The smallest absolute Gasteiger partial charge is 0.317 e. The minimum absolute atomic E-state index is 0.0195. The molecule has 2 heterocycles. The first kappa shape index (κ1) is 16.7. The van der Waals surface area contributed by atoms with Crippen molar-refractivity contribution in [2.45, 2.75) is 63.5 Å². The number of nitrogens with one attached hydrogen (secondary N) is 3. The average molecular weight is 335 g/mol. The molecule has 8 nitrogen and oxygen atoms in total. The van der Waals surface area contributed by atoms with Crippen LogP contribution in [0.5, 0.6) is 0 Å². The molecule has 0 atom stereocenters. The quantitative estimate of drug-likeness (QED) is 0.699. The monoisotopic (exact) mass is 335 g/mol. The topological polar surface area (TPSA) is 103 Å². The lowest BCUT2D eigenvalue weighted by Gasteiger charge is -2.33. The van der Waals surface area contributed by atoms with Crippen molar-refractivity contribution in [2.24, 2.45) is 5.10 Å². The molecule has 0 unspecified atom stereocenters. The van der Waals surface area contributed by atoms with Crippen LogP contribution in [0.25, 0.3) is 0 Å². The Morgan fingerprint density at radius 2 is 1.67 bits per heavy atom. The zero-order chi connectivity index (χ0) is 16.9. The van der Waals surface area contributed by atoms with E-state index in [9.17, 15) is 14.4 Å². The Kier molecular flexibility index (Phi) is 5.32. The Morgan fingerprint density at radius 3 is 2.29 bits per heavy atom. The summed E-state index contributed by atoms with van der Waals surface area (Å²) in [4.78, 5) is 37.2. The number of hydrazone groups is 1. The molecule has 0 aromatic heterocycles. The molecule has 0 aromatic carbocycles. The highest BCUT2D eigenvalue weighted by Crippen LogP contribution is 2.18. The SMILES string of the molecule is O=C1CCC(C(=O)NC2CCN(C(=O)NC3CCCC3)CC2)=NN1. The molecule has 1 saturated heterocycles. The van der Waals surface area contributed by atoms with E-state index in [4.69, 9.17) is 0 Å². The van der Waals surface area contributed by atoms with Crippen molar-refractivity contribution >= 4 is 23.6 Å². The normalized spacial score (nSPS) is 22.8. The van der Waals surface area contributed by atoms with E-state index in [2.05, 4.69) is 21.2 Å². The summed E-state index contributed by atoms with van der Waals surface area (Å²) in [6.45, 7) is 1.29. The van der Waals surface area contributed by atoms with Crippen LogP contribution in [0.1, 0.15) is 51.4 Å². The van der Waals surface area contributed by atoms with Gasteiger partial charge in [0, 0.05) is 38.0 Å². The third kappa shape index (κ3) is 4.24. The molecular formula is C16H25N5O3. The fraction of sp³-hybridized carbons (Fsp3) is 0.750. The van der Waals surface area contributed by atoms with Crippen LogP contribution in [0.15, 0.2) is 5.10 Å². The van der Waals surface area contributed by atoms with Crippen molar-refractivity contribution in [2.75, 3.05) is 13.1 Å². The zero-order valence-electron chi connectivity index (χ0n) is 13.8. The lowest BCUT2D eigenvalue weighted by Crippen LogP contribution is -2.52. The van der Waals surface area contributed by atoms with Gasteiger partial charge in [0.25, 0.3) is 5.91 Å². The van der Waals surface area contributed by atoms with Gasteiger partial charge < -0.3 is 15.5 Å². The highest BCUT2D eigenvalue weighted by molar-refractivity contribution is 6.39. The van der Waals surface area contributed by atoms with Crippen molar-refractivity contribution in [3.63, 3.8) is 0 Å². The van der Waals surface area contributed by atoms with Crippen molar-refractivity contribution in [1.29, 1.82) is 0 Å². The van der Waals surface area contributed by atoms with Gasteiger partial charge in [-0.25, -0.2) is 10.2 Å². The van der Waals surface area contributed by atoms with Crippen molar-refractivity contribution < 1.29 is 14.4 Å². The maximum absolute atomic E-state index is 12.2. The molecule has 0 bridgehead atoms. The Balaban J connectivity index is 1.40. The summed E-state index contributed by atoms with van der Waals surface area (Å²) in [5.74, 6) is -0.378. The van der Waals surface area contributed by atoms with Gasteiger partial charge >= 0.3 is 6.03 Å². The van der Waals surface area contributed by atoms with E-state index in [-0.39, 0.29) is 23.9 Å². The molecule has 8 heteroatoms. The van der Waals surface area contributed by atoms with Crippen molar-refractivity contribution in [3.05, 3.63) is 0 Å². The van der Waals surface area contributed by atoms with Crippen LogP contribution in [-0.2, 0) is 9.59 Å². The maximum Gasteiger partial charge on any atom is 0.317 e. The van der Waals surface area contributed by atoms with E-state index in [0.29, 0.717) is 37.7 Å². The van der Waals surface area contributed by atoms with Gasteiger partial charge in [0.05, 0.1) is 0 Å². The van der Waals surface area contributed by atoms with Crippen LogP contribution < -0.4 is 16.1 Å². The molecule has 2 fully saturated rings. The molecule has 3 aliphatic rings. The van der Waals surface area contributed by atoms with E-state index in [1.807, 2.05) is 4.90 Å². The second-order valence-corrected chi connectivity index (χ2v) is 6.76. The van der Waals surface area contributed by atoms with Gasteiger partial charge in [-0.05, 0) is 25.7 Å². The third-order valence-corrected chi connectivity index (χ3v) is 4.97. The molecule has 3 rings (SSSR count). The number of likely N-dealkylation sites (tertiary alicyclic amines) is 1. The minimum Gasteiger partial charge on any atom is -0.348 e. The molecule has 4 amide bonds. The van der Waals surface area contributed by atoms with Crippen LogP contribution >= 0.6 is 0 Å².